The summed E-state index contributed by atoms with van der Waals surface area (Å²) in [5.74, 6) is -0.451. The van der Waals surface area contributed by atoms with Crippen LogP contribution in [0.25, 0.3) is 16.9 Å². The fourth-order valence-corrected chi connectivity index (χ4v) is 3.24. The number of nitrogens with one attached hydrogen (secondary N) is 2. The van der Waals surface area contributed by atoms with Gasteiger partial charge in [-0.05, 0) is 25.0 Å². The van der Waals surface area contributed by atoms with Crippen molar-refractivity contribution in [3.63, 3.8) is 0 Å². The number of nitrogens with zero attached hydrogens (tertiary/aromatic N) is 3. The summed E-state index contributed by atoms with van der Waals surface area (Å²) in [6.07, 6.45) is -0.472. The van der Waals surface area contributed by atoms with E-state index in [4.69, 9.17) is 0 Å². The van der Waals surface area contributed by atoms with Crippen molar-refractivity contribution in [2.45, 2.75) is 39.8 Å². The number of amides is 2. The zero-order valence-electron chi connectivity index (χ0n) is 17.2. The number of carbonyl (C=O) groups is 2. The van der Waals surface area contributed by atoms with Gasteiger partial charge in [0.1, 0.15) is 17.3 Å². The van der Waals surface area contributed by atoms with E-state index in [1.165, 1.54) is 35.9 Å². The molecule has 7 nitrogen and oxygen atoms in total. The molecule has 0 saturated heterocycles. The summed E-state index contributed by atoms with van der Waals surface area (Å²) in [6.45, 7) is 5.09. The lowest BCUT2D eigenvalue weighted by Crippen LogP contribution is -2.23. The van der Waals surface area contributed by atoms with Gasteiger partial charge in [-0.1, -0.05) is 26.0 Å². The average molecular weight is 433 g/mol. The van der Waals surface area contributed by atoms with Crippen LogP contribution in [-0.4, -0.2) is 26.2 Å². The first-order chi connectivity index (χ1) is 14.6. The second kappa shape index (κ2) is 8.75. The Hall–Kier alpha value is -3.43. The van der Waals surface area contributed by atoms with Gasteiger partial charge in [0, 0.05) is 18.4 Å². The van der Waals surface area contributed by atoms with E-state index in [1.54, 1.807) is 0 Å². The van der Waals surface area contributed by atoms with Crippen LogP contribution in [0.2, 0.25) is 0 Å². The predicted octanol–water partition coefficient (Wildman–Crippen LogP) is 4.75. The summed E-state index contributed by atoms with van der Waals surface area (Å²) in [7, 11) is 0. The number of hydrogen-bond donors (Lipinski definition) is 2. The zero-order valence-corrected chi connectivity index (χ0v) is 17.2. The maximum Gasteiger partial charge on any atom is 0.416 e. The molecule has 0 atom stereocenters. The molecule has 10 heteroatoms. The van der Waals surface area contributed by atoms with Gasteiger partial charge in [-0.2, -0.15) is 13.2 Å². The molecule has 0 aliphatic heterocycles. The number of carbonyl (C=O) groups excluding carboxylic acids is 2. The number of imidazole rings is 1. The largest absolute Gasteiger partial charge is 0.416 e. The molecule has 3 rings (SSSR count). The molecule has 0 aliphatic carbocycles. The highest BCUT2D eigenvalue weighted by Gasteiger charge is 2.31. The summed E-state index contributed by atoms with van der Waals surface area (Å²) in [4.78, 5) is 32.6. The van der Waals surface area contributed by atoms with Gasteiger partial charge in [0.25, 0.3) is 0 Å². The maximum absolute atomic E-state index is 13.2. The van der Waals surface area contributed by atoms with Crippen LogP contribution in [0.5, 0.6) is 0 Å². The summed E-state index contributed by atoms with van der Waals surface area (Å²) in [5.41, 5.74) is -0.149. The topological polar surface area (TPSA) is 88.4 Å². The molecular weight excluding hydrogens is 411 g/mol. The van der Waals surface area contributed by atoms with Gasteiger partial charge in [0.15, 0.2) is 5.65 Å². The van der Waals surface area contributed by atoms with E-state index in [-0.39, 0.29) is 40.6 Å². The van der Waals surface area contributed by atoms with Crippen LogP contribution in [0.1, 0.15) is 39.2 Å². The Labute approximate surface area is 176 Å². The van der Waals surface area contributed by atoms with Gasteiger partial charge in [-0.3, -0.25) is 14.0 Å². The lowest BCUT2D eigenvalue weighted by molar-refractivity contribution is -0.137. The molecule has 164 valence electrons. The number of anilines is 2. The highest BCUT2D eigenvalue weighted by Crippen LogP contribution is 2.35. The number of halogens is 3. The van der Waals surface area contributed by atoms with Crippen LogP contribution in [0.15, 0.2) is 36.7 Å². The molecule has 0 spiro atoms. The third-order valence-electron chi connectivity index (χ3n) is 4.87. The van der Waals surface area contributed by atoms with Crippen molar-refractivity contribution in [2.75, 3.05) is 10.6 Å². The fourth-order valence-electron chi connectivity index (χ4n) is 3.24. The summed E-state index contributed by atoms with van der Waals surface area (Å²) in [6, 6.07) is 4.73. The number of benzene rings is 1. The van der Waals surface area contributed by atoms with Gasteiger partial charge in [-0.15, -0.1) is 0 Å². The molecule has 2 heterocycles. The molecule has 3 aromatic rings. The second-order valence-electron chi connectivity index (χ2n) is 7.07. The lowest BCUT2D eigenvalue weighted by atomic mass is 10.0. The molecule has 1 aromatic carbocycles. The van der Waals surface area contributed by atoms with Gasteiger partial charge in [0.05, 0.1) is 18.0 Å². The molecule has 2 N–H and O–H groups in total. The molecule has 2 amide bonds. The molecule has 0 unspecified atom stereocenters. The quantitative estimate of drug-likeness (QED) is 0.587. The van der Waals surface area contributed by atoms with Crippen LogP contribution < -0.4 is 10.6 Å². The van der Waals surface area contributed by atoms with Crippen molar-refractivity contribution < 1.29 is 22.8 Å². The minimum absolute atomic E-state index is 0.173. The SMILES string of the molecule is CCC(CC)C(=O)Nc1c(-c2cccc(C(F)(F)F)c2)nc2cnc(NC(C)=O)cn12. The number of aromatic nitrogens is 3. The van der Waals surface area contributed by atoms with E-state index >= 15 is 0 Å². The molecule has 0 radical (unpaired) electrons. The monoisotopic (exact) mass is 433 g/mol. The van der Waals surface area contributed by atoms with Crippen LogP contribution in [-0.2, 0) is 15.8 Å². The van der Waals surface area contributed by atoms with Crippen molar-refractivity contribution >= 4 is 29.1 Å². The van der Waals surface area contributed by atoms with Crippen LogP contribution in [0.3, 0.4) is 0 Å². The number of hydrogen-bond acceptors (Lipinski definition) is 4. The highest BCUT2D eigenvalue weighted by molar-refractivity contribution is 5.96. The van der Waals surface area contributed by atoms with Crippen LogP contribution in [0.4, 0.5) is 24.8 Å². The summed E-state index contributed by atoms with van der Waals surface area (Å²) >= 11 is 0. The Kier molecular flexibility index (Phi) is 6.28. The Morgan fingerprint density at radius 2 is 1.87 bits per heavy atom. The standard InChI is InChI=1S/C21H22F3N5O2/c1-4-13(5-2)20(31)28-19-18(14-7-6-8-15(9-14)21(22,23)24)27-17-10-25-16(11-29(17)19)26-12(3)30/h6-11,13H,4-5H2,1-3H3,(H,26,30)(H,28,31). The Balaban J connectivity index is 2.18. The zero-order chi connectivity index (χ0) is 22.8. The minimum atomic E-state index is -4.52. The maximum atomic E-state index is 13.2. The van der Waals surface area contributed by atoms with Crippen LogP contribution in [0, 0.1) is 5.92 Å². The predicted molar refractivity (Wildman–Crippen MR) is 110 cm³/mol. The number of alkyl halides is 3. The lowest BCUT2D eigenvalue weighted by Gasteiger charge is -2.14. The van der Waals surface area contributed by atoms with Gasteiger partial charge in [0.2, 0.25) is 11.8 Å². The van der Waals surface area contributed by atoms with Crippen molar-refractivity contribution in [3.05, 3.63) is 42.2 Å². The minimum Gasteiger partial charge on any atom is -0.310 e. The molecule has 0 fully saturated rings. The highest BCUT2D eigenvalue weighted by atomic mass is 19.4. The molecule has 0 bridgehead atoms. The smallest absolute Gasteiger partial charge is 0.310 e. The third-order valence-corrected chi connectivity index (χ3v) is 4.87. The average Bonchev–Trinajstić information content (AvgIpc) is 3.06. The van der Waals surface area contributed by atoms with Gasteiger partial charge < -0.3 is 10.6 Å². The van der Waals surface area contributed by atoms with Crippen molar-refractivity contribution in [3.8, 4) is 11.3 Å². The van der Waals surface area contributed by atoms with E-state index in [1.807, 2.05) is 13.8 Å². The Bertz CT molecular complexity index is 1120. The molecule has 2 aromatic heterocycles. The van der Waals surface area contributed by atoms with E-state index in [2.05, 4.69) is 20.6 Å². The molecular formula is C21H22F3N5O2. The van der Waals surface area contributed by atoms with E-state index < -0.39 is 11.7 Å². The van der Waals surface area contributed by atoms with Crippen molar-refractivity contribution in [1.29, 1.82) is 0 Å². The van der Waals surface area contributed by atoms with Gasteiger partial charge >= 0.3 is 6.18 Å². The Morgan fingerprint density at radius 3 is 2.48 bits per heavy atom. The van der Waals surface area contributed by atoms with Crippen molar-refractivity contribution in [1.82, 2.24) is 14.4 Å². The first-order valence-electron chi connectivity index (χ1n) is 9.78. The molecule has 0 saturated carbocycles. The fraction of sp³-hybridized carbons (Fsp3) is 0.333. The Morgan fingerprint density at radius 1 is 1.16 bits per heavy atom. The van der Waals surface area contributed by atoms with Crippen molar-refractivity contribution in [2.24, 2.45) is 5.92 Å². The van der Waals surface area contributed by atoms with E-state index in [0.717, 1.165) is 12.1 Å². The first-order valence-corrected chi connectivity index (χ1v) is 9.78. The molecule has 31 heavy (non-hydrogen) atoms. The van der Waals surface area contributed by atoms with Gasteiger partial charge in [-0.25, -0.2) is 9.97 Å². The summed E-state index contributed by atoms with van der Waals surface area (Å²) in [5, 5.41) is 5.35. The summed E-state index contributed by atoms with van der Waals surface area (Å²) < 4.78 is 41.2. The normalized spacial score (nSPS) is 11.7. The second-order valence-corrected chi connectivity index (χ2v) is 7.07. The van der Waals surface area contributed by atoms with Crippen LogP contribution >= 0.6 is 0 Å². The third kappa shape index (κ3) is 4.84. The van der Waals surface area contributed by atoms with E-state index in [0.29, 0.717) is 18.5 Å². The van der Waals surface area contributed by atoms with E-state index in [9.17, 15) is 22.8 Å². The first kappa shape index (κ1) is 22.3. The number of fused-ring (bicyclic) bond motifs is 1. The molecule has 0 aliphatic rings. The number of rotatable bonds is 6.